The molecule has 1 saturated heterocycles. The first-order chi connectivity index (χ1) is 14.4. The van der Waals surface area contributed by atoms with Gasteiger partial charge in [0.1, 0.15) is 5.75 Å². The first-order valence-corrected chi connectivity index (χ1v) is 12.0. The van der Waals surface area contributed by atoms with Crippen molar-refractivity contribution in [3.63, 3.8) is 0 Å². The molecule has 3 heterocycles. The van der Waals surface area contributed by atoms with Crippen molar-refractivity contribution in [2.75, 3.05) is 13.1 Å². The number of nitrogens with zero attached hydrogens (tertiary/aromatic N) is 3. The molecule has 2 aromatic carbocycles. The number of hydrogen-bond acceptors (Lipinski definition) is 4. The molecule has 4 nitrogen and oxygen atoms in total. The molecule has 1 spiro atoms. The first kappa shape index (κ1) is 20.6. The van der Waals surface area contributed by atoms with E-state index >= 15 is 0 Å². The number of piperidine rings is 1. The normalized spacial score (nSPS) is 22.7. The quantitative estimate of drug-likeness (QED) is 0.463. The van der Waals surface area contributed by atoms with Gasteiger partial charge in [-0.1, -0.05) is 45.2 Å². The highest BCUT2D eigenvalue weighted by molar-refractivity contribution is 9.10. The van der Waals surface area contributed by atoms with Crippen molar-refractivity contribution in [3.05, 3.63) is 62.0 Å². The van der Waals surface area contributed by atoms with Gasteiger partial charge in [-0.05, 0) is 44.2 Å². The first-order valence-electron chi connectivity index (χ1n) is 10.4. The van der Waals surface area contributed by atoms with Crippen LogP contribution in [0.15, 0.2) is 46.0 Å². The number of hydrazone groups is 1. The van der Waals surface area contributed by atoms with Gasteiger partial charge in [0.25, 0.3) is 0 Å². The van der Waals surface area contributed by atoms with Gasteiger partial charge in [-0.15, -0.1) is 0 Å². The second-order valence-corrected chi connectivity index (χ2v) is 10.4. The zero-order valence-corrected chi connectivity index (χ0v) is 20.1. The Labute approximate surface area is 195 Å². The summed E-state index contributed by atoms with van der Waals surface area (Å²) in [6.07, 6.45) is 2.63. The van der Waals surface area contributed by atoms with Crippen molar-refractivity contribution in [2.24, 2.45) is 5.10 Å². The molecule has 0 N–H and O–H groups in total. The summed E-state index contributed by atoms with van der Waals surface area (Å²) in [4.78, 5) is 2.51. The Morgan fingerprint density at radius 1 is 1.13 bits per heavy atom. The molecule has 0 bridgehead atoms. The molecule has 2 aromatic rings. The van der Waals surface area contributed by atoms with Crippen molar-refractivity contribution in [3.8, 4) is 5.75 Å². The van der Waals surface area contributed by atoms with E-state index in [0.717, 1.165) is 53.8 Å². The van der Waals surface area contributed by atoms with Crippen LogP contribution in [0.3, 0.4) is 0 Å². The number of halogens is 3. The third-order valence-corrected chi connectivity index (χ3v) is 7.55. The molecule has 7 heteroatoms. The van der Waals surface area contributed by atoms with Gasteiger partial charge in [0.05, 0.1) is 16.8 Å². The van der Waals surface area contributed by atoms with Gasteiger partial charge >= 0.3 is 0 Å². The van der Waals surface area contributed by atoms with Gasteiger partial charge in [-0.3, -0.25) is 0 Å². The fraction of sp³-hybridized carbons (Fsp3) is 0.435. The molecule has 5 rings (SSSR count). The average molecular weight is 509 g/mol. The SMILES string of the molecule is CC(C)N1CCC2(CC1)Oc1ccc(Br)cc1C1CC(c3ccc(Cl)cc3Cl)=NN12. The topological polar surface area (TPSA) is 28.1 Å². The minimum Gasteiger partial charge on any atom is -0.466 e. The average Bonchev–Trinajstić information content (AvgIpc) is 3.15. The summed E-state index contributed by atoms with van der Waals surface area (Å²) in [5.74, 6) is 0.969. The number of fused-ring (bicyclic) bond motifs is 4. The lowest BCUT2D eigenvalue weighted by atomic mass is 9.90. The molecule has 30 heavy (non-hydrogen) atoms. The third-order valence-electron chi connectivity index (χ3n) is 6.51. The number of rotatable bonds is 2. The molecule has 0 radical (unpaired) electrons. The van der Waals surface area contributed by atoms with E-state index in [2.05, 4.69) is 57.9 Å². The Bertz CT molecular complexity index is 1020. The van der Waals surface area contributed by atoms with Crippen molar-refractivity contribution >= 4 is 44.8 Å². The molecular formula is C23H24BrCl2N3O. The van der Waals surface area contributed by atoms with Crippen molar-refractivity contribution in [1.82, 2.24) is 9.91 Å². The number of ether oxygens (including phenoxy) is 1. The van der Waals surface area contributed by atoms with Crippen molar-refractivity contribution in [1.29, 1.82) is 0 Å². The molecule has 0 aliphatic carbocycles. The fourth-order valence-electron chi connectivity index (χ4n) is 4.86. The Morgan fingerprint density at radius 2 is 1.90 bits per heavy atom. The van der Waals surface area contributed by atoms with Gasteiger partial charge in [0, 0.05) is 59.0 Å². The van der Waals surface area contributed by atoms with Crippen molar-refractivity contribution < 1.29 is 4.74 Å². The van der Waals surface area contributed by atoms with Crippen LogP contribution in [-0.2, 0) is 0 Å². The summed E-state index contributed by atoms with van der Waals surface area (Å²) in [6, 6.07) is 12.6. The molecule has 1 unspecified atom stereocenters. The molecule has 0 aromatic heterocycles. The second kappa shape index (κ2) is 7.70. The Morgan fingerprint density at radius 3 is 2.60 bits per heavy atom. The van der Waals surface area contributed by atoms with E-state index in [1.165, 1.54) is 5.56 Å². The summed E-state index contributed by atoms with van der Waals surface area (Å²) < 4.78 is 7.76. The summed E-state index contributed by atoms with van der Waals surface area (Å²) in [7, 11) is 0. The lowest BCUT2D eigenvalue weighted by molar-refractivity contribution is -0.152. The van der Waals surface area contributed by atoms with E-state index in [-0.39, 0.29) is 6.04 Å². The van der Waals surface area contributed by atoms with Gasteiger partial charge in [0.2, 0.25) is 5.72 Å². The summed E-state index contributed by atoms with van der Waals surface area (Å²) in [5.41, 5.74) is 2.69. The monoisotopic (exact) mass is 507 g/mol. The van der Waals surface area contributed by atoms with Crippen LogP contribution in [0.2, 0.25) is 10.0 Å². The number of benzene rings is 2. The maximum atomic E-state index is 6.71. The highest BCUT2D eigenvalue weighted by Crippen LogP contribution is 2.51. The lowest BCUT2D eigenvalue weighted by Crippen LogP contribution is -2.59. The maximum absolute atomic E-state index is 6.71. The Kier molecular flexibility index (Phi) is 5.29. The minimum atomic E-state index is -0.419. The van der Waals surface area contributed by atoms with Gasteiger partial charge in [-0.25, -0.2) is 5.01 Å². The van der Waals surface area contributed by atoms with E-state index in [0.29, 0.717) is 16.1 Å². The highest BCUT2D eigenvalue weighted by atomic mass is 79.9. The van der Waals surface area contributed by atoms with Crippen LogP contribution < -0.4 is 4.74 Å². The number of likely N-dealkylation sites (tertiary alicyclic amines) is 1. The molecule has 158 valence electrons. The maximum Gasteiger partial charge on any atom is 0.200 e. The number of hydrogen-bond donors (Lipinski definition) is 0. The second-order valence-electron chi connectivity index (χ2n) is 8.60. The molecule has 3 aliphatic heterocycles. The van der Waals surface area contributed by atoms with Gasteiger partial charge in [-0.2, -0.15) is 5.10 Å². The van der Waals surface area contributed by atoms with Crippen molar-refractivity contribution in [2.45, 2.75) is 50.9 Å². The van der Waals surface area contributed by atoms with E-state index in [9.17, 15) is 0 Å². The molecule has 0 saturated carbocycles. The zero-order chi connectivity index (χ0) is 21.0. The van der Waals surface area contributed by atoms with Crippen LogP contribution in [-0.4, -0.2) is 40.5 Å². The van der Waals surface area contributed by atoms with Crippen LogP contribution in [0, 0.1) is 0 Å². The Balaban J connectivity index is 1.56. The van der Waals surface area contributed by atoms with E-state index in [1.54, 1.807) is 6.07 Å². The minimum absolute atomic E-state index is 0.138. The standard InChI is InChI=1S/C23H24BrCl2N3O/c1-14(2)28-9-7-23(8-10-28)29-21(18-11-15(24)3-6-22(18)30-23)13-20(27-29)17-5-4-16(25)12-19(17)26/h3-6,11-12,14,21H,7-10,13H2,1-2H3. The molecular weight excluding hydrogens is 485 g/mol. The molecule has 0 amide bonds. The van der Waals surface area contributed by atoms with Crippen LogP contribution in [0.25, 0.3) is 0 Å². The summed E-state index contributed by atoms with van der Waals surface area (Å²) in [5, 5.41) is 8.61. The van der Waals surface area contributed by atoms with Crippen LogP contribution in [0.4, 0.5) is 0 Å². The summed E-state index contributed by atoms with van der Waals surface area (Å²) in [6.45, 7) is 6.51. The van der Waals surface area contributed by atoms with Crippen LogP contribution in [0.1, 0.15) is 50.3 Å². The van der Waals surface area contributed by atoms with Gasteiger partial charge in [0.15, 0.2) is 0 Å². The van der Waals surface area contributed by atoms with E-state index in [1.807, 2.05) is 12.1 Å². The van der Waals surface area contributed by atoms with Crippen LogP contribution in [0.5, 0.6) is 5.75 Å². The predicted octanol–water partition coefficient (Wildman–Crippen LogP) is 6.50. The molecule has 1 fully saturated rings. The van der Waals surface area contributed by atoms with E-state index in [4.69, 9.17) is 33.0 Å². The third kappa shape index (κ3) is 3.44. The molecule has 1 atom stereocenters. The largest absolute Gasteiger partial charge is 0.466 e. The summed E-state index contributed by atoms with van der Waals surface area (Å²) >= 11 is 16.3. The Hall–Kier alpha value is -1.27. The lowest BCUT2D eigenvalue weighted by Gasteiger charge is -2.51. The van der Waals surface area contributed by atoms with E-state index < -0.39 is 5.72 Å². The predicted molar refractivity (Wildman–Crippen MR) is 126 cm³/mol. The fourth-order valence-corrected chi connectivity index (χ4v) is 5.76. The molecule has 3 aliphatic rings. The van der Waals surface area contributed by atoms with Crippen LogP contribution >= 0.6 is 39.1 Å². The highest BCUT2D eigenvalue weighted by Gasteiger charge is 2.52. The zero-order valence-electron chi connectivity index (χ0n) is 17.0. The van der Waals surface area contributed by atoms with Gasteiger partial charge < -0.3 is 9.64 Å². The smallest absolute Gasteiger partial charge is 0.200 e.